The maximum absolute atomic E-state index is 9.04. The summed E-state index contributed by atoms with van der Waals surface area (Å²) >= 11 is 0. The molecular weight excluding hydrogens is 264 g/mol. The summed E-state index contributed by atoms with van der Waals surface area (Å²) in [4.78, 5) is 4.26. The summed E-state index contributed by atoms with van der Waals surface area (Å²) in [5.74, 6) is 0.800. The lowest BCUT2D eigenvalue weighted by Crippen LogP contribution is -2.46. The van der Waals surface area contributed by atoms with Crippen LogP contribution in [0.25, 0.3) is 11.1 Å². The maximum atomic E-state index is 9.04. The smallest absolute Gasteiger partial charge is 0.138 e. The van der Waals surface area contributed by atoms with Crippen LogP contribution in [-0.4, -0.2) is 35.9 Å². The zero-order chi connectivity index (χ0) is 14.5. The number of ether oxygens (including phenoxy) is 1. The third-order valence-corrected chi connectivity index (χ3v) is 3.75. The van der Waals surface area contributed by atoms with Gasteiger partial charge >= 0.3 is 0 Å². The molecule has 3 rings (SSSR count). The van der Waals surface area contributed by atoms with E-state index in [4.69, 9.17) is 9.84 Å². The number of rotatable bonds is 6. The number of pyridine rings is 1. The lowest BCUT2D eigenvalue weighted by atomic mass is 10.0. The van der Waals surface area contributed by atoms with Crippen LogP contribution in [0.5, 0.6) is 5.75 Å². The first kappa shape index (κ1) is 14.0. The van der Waals surface area contributed by atoms with Gasteiger partial charge in [-0.05, 0) is 36.6 Å². The van der Waals surface area contributed by atoms with Crippen molar-refractivity contribution in [1.82, 2.24) is 10.3 Å². The molecule has 0 aliphatic carbocycles. The van der Waals surface area contributed by atoms with E-state index in [1.165, 1.54) is 6.42 Å². The summed E-state index contributed by atoms with van der Waals surface area (Å²) in [6, 6.07) is 10.7. The van der Waals surface area contributed by atoms with Crippen LogP contribution < -0.4 is 10.1 Å². The zero-order valence-electron chi connectivity index (χ0n) is 12.0. The molecule has 1 aliphatic heterocycles. The Hall–Kier alpha value is -1.91. The van der Waals surface area contributed by atoms with Gasteiger partial charge < -0.3 is 15.2 Å². The first-order valence-corrected chi connectivity index (χ1v) is 7.36. The highest BCUT2D eigenvalue weighted by molar-refractivity contribution is 5.64. The van der Waals surface area contributed by atoms with Gasteiger partial charge in [-0.2, -0.15) is 0 Å². The highest BCUT2D eigenvalue weighted by atomic mass is 16.5. The molecule has 2 heterocycles. The molecule has 0 unspecified atom stereocenters. The van der Waals surface area contributed by atoms with E-state index in [0.717, 1.165) is 29.0 Å². The minimum absolute atomic E-state index is 0.166. The Kier molecular flexibility index (Phi) is 4.48. The van der Waals surface area contributed by atoms with Gasteiger partial charge in [0, 0.05) is 24.4 Å². The van der Waals surface area contributed by atoms with Crippen LogP contribution in [0.15, 0.2) is 42.7 Å². The molecule has 110 valence electrons. The molecule has 1 fully saturated rings. The molecule has 21 heavy (non-hydrogen) atoms. The molecule has 1 aromatic heterocycles. The first-order chi connectivity index (χ1) is 10.3. The fraction of sp³-hybridized carbons (Fsp3) is 0.353. The van der Waals surface area contributed by atoms with Crippen LogP contribution >= 0.6 is 0 Å². The van der Waals surface area contributed by atoms with E-state index >= 15 is 0 Å². The Morgan fingerprint density at radius 1 is 1.24 bits per heavy atom. The Morgan fingerprint density at radius 3 is 2.90 bits per heavy atom. The van der Waals surface area contributed by atoms with E-state index in [1.807, 2.05) is 24.4 Å². The normalized spacial score (nSPS) is 17.3. The second-order valence-electron chi connectivity index (χ2n) is 5.33. The number of hydrogen-bond donors (Lipinski definition) is 2. The molecule has 1 saturated heterocycles. The third kappa shape index (κ3) is 3.60. The molecule has 1 aliphatic rings. The highest BCUT2D eigenvalue weighted by Crippen LogP contribution is 2.24. The standard InChI is InChI=1S/C17H20N2O2/c20-7-5-13-2-1-3-14(8-13)15-9-17(11-18-10-15)21-12-16-4-6-19-16/h1-3,8-11,16,19-20H,4-7,12H2/t16-/m1/s1. The van der Waals surface area contributed by atoms with Crippen molar-refractivity contribution in [3.8, 4) is 16.9 Å². The van der Waals surface area contributed by atoms with Gasteiger partial charge in [0.25, 0.3) is 0 Å². The number of aliphatic hydroxyl groups is 1. The van der Waals surface area contributed by atoms with Crippen molar-refractivity contribution in [3.63, 3.8) is 0 Å². The van der Waals surface area contributed by atoms with E-state index in [9.17, 15) is 0 Å². The Morgan fingerprint density at radius 2 is 2.14 bits per heavy atom. The quantitative estimate of drug-likeness (QED) is 0.852. The summed E-state index contributed by atoms with van der Waals surface area (Å²) < 4.78 is 5.78. The molecule has 4 heteroatoms. The van der Waals surface area contributed by atoms with Crippen LogP contribution in [0.2, 0.25) is 0 Å². The van der Waals surface area contributed by atoms with Crippen molar-refractivity contribution in [1.29, 1.82) is 0 Å². The van der Waals surface area contributed by atoms with Gasteiger partial charge in [0.15, 0.2) is 0 Å². The molecule has 0 radical (unpaired) electrons. The number of benzene rings is 1. The predicted molar refractivity (Wildman–Crippen MR) is 82.4 cm³/mol. The van der Waals surface area contributed by atoms with Gasteiger partial charge in [-0.15, -0.1) is 0 Å². The Labute approximate surface area is 124 Å². The second kappa shape index (κ2) is 6.70. The van der Waals surface area contributed by atoms with Gasteiger partial charge in [-0.25, -0.2) is 0 Å². The fourth-order valence-electron chi connectivity index (χ4n) is 2.38. The maximum Gasteiger partial charge on any atom is 0.138 e. The van der Waals surface area contributed by atoms with Crippen LogP contribution in [0, 0.1) is 0 Å². The third-order valence-electron chi connectivity index (χ3n) is 3.75. The average molecular weight is 284 g/mol. The predicted octanol–water partition coefficient (Wildman–Crippen LogP) is 2.02. The summed E-state index contributed by atoms with van der Waals surface area (Å²) in [6.45, 7) is 1.94. The number of nitrogens with zero attached hydrogens (tertiary/aromatic N) is 1. The second-order valence-corrected chi connectivity index (χ2v) is 5.33. The molecule has 2 N–H and O–H groups in total. The first-order valence-electron chi connectivity index (χ1n) is 7.36. The summed E-state index contributed by atoms with van der Waals surface area (Å²) in [5.41, 5.74) is 3.26. The van der Waals surface area contributed by atoms with E-state index in [2.05, 4.69) is 22.4 Å². The fourth-order valence-corrected chi connectivity index (χ4v) is 2.38. The molecule has 1 atom stereocenters. The van der Waals surface area contributed by atoms with E-state index < -0.39 is 0 Å². The molecule has 0 saturated carbocycles. The zero-order valence-corrected chi connectivity index (χ0v) is 12.0. The van der Waals surface area contributed by atoms with Gasteiger partial charge in [0.05, 0.1) is 6.20 Å². The van der Waals surface area contributed by atoms with Gasteiger partial charge in [-0.1, -0.05) is 24.3 Å². The van der Waals surface area contributed by atoms with Crippen molar-refractivity contribution < 1.29 is 9.84 Å². The summed E-state index contributed by atoms with van der Waals surface area (Å²) in [7, 11) is 0. The minimum Gasteiger partial charge on any atom is -0.490 e. The number of aromatic nitrogens is 1. The SMILES string of the molecule is OCCc1cccc(-c2cncc(OC[C@H]3CCN3)c2)c1. The lowest BCUT2D eigenvalue weighted by Gasteiger charge is -2.27. The van der Waals surface area contributed by atoms with Gasteiger partial charge in [0.2, 0.25) is 0 Å². The Balaban J connectivity index is 1.73. The minimum atomic E-state index is 0.166. The number of aliphatic hydroxyl groups excluding tert-OH is 1. The van der Waals surface area contributed by atoms with Crippen molar-refractivity contribution in [2.45, 2.75) is 18.9 Å². The number of hydrogen-bond acceptors (Lipinski definition) is 4. The number of nitrogens with one attached hydrogen (secondary N) is 1. The molecule has 0 bridgehead atoms. The van der Waals surface area contributed by atoms with Crippen molar-refractivity contribution in [2.75, 3.05) is 19.8 Å². The summed E-state index contributed by atoms with van der Waals surface area (Å²) in [6.07, 6.45) is 5.44. The van der Waals surface area contributed by atoms with Crippen LogP contribution in [0.4, 0.5) is 0 Å². The molecule has 4 nitrogen and oxygen atoms in total. The van der Waals surface area contributed by atoms with Crippen molar-refractivity contribution in [2.24, 2.45) is 0 Å². The van der Waals surface area contributed by atoms with Crippen LogP contribution in [0.3, 0.4) is 0 Å². The summed E-state index contributed by atoms with van der Waals surface area (Å²) in [5, 5.41) is 12.4. The monoisotopic (exact) mass is 284 g/mol. The average Bonchev–Trinajstić information content (AvgIpc) is 2.47. The lowest BCUT2D eigenvalue weighted by molar-refractivity contribution is 0.217. The Bertz CT molecular complexity index is 597. The van der Waals surface area contributed by atoms with Crippen molar-refractivity contribution in [3.05, 3.63) is 48.3 Å². The van der Waals surface area contributed by atoms with Gasteiger partial charge in [-0.3, -0.25) is 4.98 Å². The molecular formula is C17H20N2O2. The highest BCUT2D eigenvalue weighted by Gasteiger charge is 2.16. The van der Waals surface area contributed by atoms with E-state index in [1.54, 1.807) is 6.20 Å². The largest absolute Gasteiger partial charge is 0.490 e. The molecule has 1 aromatic carbocycles. The topological polar surface area (TPSA) is 54.4 Å². The van der Waals surface area contributed by atoms with E-state index in [-0.39, 0.29) is 6.61 Å². The van der Waals surface area contributed by atoms with Crippen molar-refractivity contribution >= 4 is 0 Å². The molecule has 0 spiro atoms. The van der Waals surface area contributed by atoms with Crippen LogP contribution in [0.1, 0.15) is 12.0 Å². The molecule has 0 amide bonds. The van der Waals surface area contributed by atoms with Crippen LogP contribution in [-0.2, 0) is 6.42 Å². The van der Waals surface area contributed by atoms with Gasteiger partial charge in [0.1, 0.15) is 12.4 Å². The van der Waals surface area contributed by atoms with E-state index in [0.29, 0.717) is 19.1 Å². The molecule has 2 aromatic rings.